The van der Waals surface area contributed by atoms with Crippen molar-refractivity contribution in [3.8, 4) is 5.75 Å². The first-order chi connectivity index (χ1) is 16.9. The molecule has 0 radical (unpaired) electrons. The Morgan fingerprint density at radius 2 is 1.71 bits per heavy atom. The third-order valence-electron chi connectivity index (χ3n) is 7.88. The van der Waals surface area contributed by atoms with Crippen LogP contribution >= 0.6 is 22.7 Å². The maximum atomic E-state index is 13.6. The number of para-hydroxylation sites is 1. The standard InChI is InChI=1S/C28H34NO4S2/c1-29(2,15-8-16-32-21-9-4-3-5-10-21)23-19-20-13-14-22(23)26(20)33-27(30)28(31,24-11-6-17-34-24)25-12-7-18-35-25/h3-7,9-12,17-18,20,22-23,26,31H,8,13-16,19H2,1-2H3/q+1. The van der Waals surface area contributed by atoms with Crippen molar-refractivity contribution in [1.82, 2.24) is 0 Å². The van der Waals surface area contributed by atoms with Crippen molar-refractivity contribution in [3.05, 3.63) is 75.1 Å². The van der Waals surface area contributed by atoms with Gasteiger partial charge in [-0.2, -0.15) is 0 Å². The Balaban J connectivity index is 1.24. The van der Waals surface area contributed by atoms with E-state index in [9.17, 15) is 9.90 Å². The van der Waals surface area contributed by atoms with Crippen molar-refractivity contribution < 1.29 is 23.9 Å². The summed E-state index contributed by atoms with van der Waals surface area (Å²) in [5.74, 6) is 1.06. The fourth-order valence-corrected chi connectivity index (χ4v) is 7.78. The van der Waals surface area contributed by atoms with Gasteiger partial charge in [0.2, 0.25) is 5.60 Å². The van der Waals surface area contributed by atoms with Crippen LogP contribution in [0.25, 0.3) is 0 Å². The number of ether oxygens (including phenoxy) is 2. The maximum Gasteiger partial charge on any atom is 0.349 e. The predicted octanol–water partition coefficient (Wildman–Crippen LogP) is 5.30. The smallest absolute Gasteiger partial charge is 0.349 e. The third-order valence-corrected chi connectivity index (χ3v) is 9.84. The van der Waals surface area contributed by atoms with Gasteiger partial charge < -0.3 is 19.1 Å². The molecule has 2 fully saturated rings. The molecule has 2 heterocycles. The quantitative estimate of drug-likeness (QED) is 0.228. The second-order valence-corrected chi connectivity index (χ2v) is 12.3. The molecular weight excluding hydrogens is 478 g/mol. The summed E-state index contributed by atoms with van der Waals surface area (Å²) in [6.07, 6.45) is 4.07. The summed E-state index contributed by atoms with van der Waals surface area (Å²) < 4.78 is 13.0. The summed E-state index contributed by atoms with van der Waals surface area (Å²) in [4.78, 5) is 14.8. The average Bonchev–Trinajstić information content (AvgIpc) is 3.68. The molecule has 2 saturated carbocycles. The molecule has 35 heavy (non-hydrogen) atoms. The van der Waals surface area contributed by atoms with Gasteiger partial charge in [-0.1, -0.05) is 30.3 Å². The number of benzene rings is 1. The number of carbonyl (C=O) groups is 1. The van der Waals surface area contributed by atoms with E-state index in [1.165, 1.54) is 22.7 Å². The summed E-state index contributed by atoms with van der Waals surface area (Å²) in [6.45, 7) is 1.70. The van der Waals surface area contributed by atoms with Gasteiger partial charge in [-0.25, -0.2) is 4.79 Å². The molecule has 5 rings (SSSR count). The molecule has 1 N–H and O–H groups in total. The summed E-state index contributed by atoms with van der Waals surface area (Å²) >= 11 is 2.77. The van der Waals surface area contributed by atoms with Crippen LogP contribution in [-0.4, -0.2) is 55.0 Å². The normalized spacial score (nSPS) is 24.0. The van der Waals surface area contributed by atoms with Crippen LogP contribution in [0.3, 0.4) is 0 Å². The van der Waals surface area contributed by atoms with Crippen LogP contribution in [0.4, 0.5) is 0 Å². The summed E-state index contributed by atoms with van der Waals surface area (Å²) in [6, 6.07) is 17.8. The summed E-state index contributed by atoms with van der Waals surface area (Å²) in [5, 5.41) is 15.4. The van der Waals surface area contributed by atoms with Crippen LogP contribution in [0.15, 0.2) is 65.4 Å². The van der Waals surface area contributed by atoms with Crippen LogP contribution in [-0.2, 0) is 15.1 Å². The lowest BCUT2D eigenvalue weighted by atomic mass is 9.92. The van der Waals surface area contributed by atoms with E-state index >= 15 is 0 Å². The molecule has 3 aromatic rings. The molecule has 0 amide bonds. The molecule has 4 atom stereocenters. The molecular formula is C28H34NO4S2+. The van der Waals surface area contributed by atoms with Crippen molar-refractivity contribution in [1.29, 1.82) is 0 Å². The summed E-state index contributed by atoms with van der Waals surface area (Å²) in [5.41, 5.74) is -1.74. The first kappa shape index (κ1) is 24.5. The summed E-state index contributed by atoms with van der Waals surface area (Å²) in [7, 11) is 4.58. The molecule has 2 aliphatic rings. The number of quaternary nitrogens is 1. The van der Waals surface area contributed by atoms with Crippen LogP contribution in [0.2, 0.25) is 0 Å². The van der Waals surface area contributed by atoms with Gasteiger partial charge >= 0.3 is 5.97 Å². The first-order valence-corrected chi connectivity index (χ1v) is 14.2. The number of hydrogen-bond donors (Lipinski definition) is 1. The van der Waals surface area contributed by atoms with E-state index < -0.39 is 11.6 Å². The van der Waals surface area contributed by atoms with Crippen LogP contribution in [0.5, 0.6) is 5.75 Å². The Kier molecular flexibility index (Phi) is 7.04. The van der Waals surface area contributed by atoms with E-state index in [2.05, 4.69) is 14.1 Å². The number of rotatable bonds is 10. The van der Waals surface area contributed by atoms with E-state index in [1.807, 2.05) is 65.4 Å². The zero-order chi connectivity index (χ0) is 24.5. The number of hydrogen-bond acceptors (Lipinski definition) is 6. The lowest BCUT2D eigenvalue weighted by Gasteiger charge is -2.40. The van der Waals surface area contributed by atoms with E-state index in [1.54, 1.807) is 0 Å². The lowest BCUT2D eigenvalue weighted by molar-refractivity contribution is -0.918. The Morgan fingerprint density at radius 1 is 1.03 bits per heavy atom. The molecule has 0 spiro atoms. The number of carbonyl (C=O) groups excluding carboxylic acids is 1. The Labute approximate surface area is 215 Å². The van der Waals surface area contributed by atoms with Gasteiger partial charge in [0.1, 0.15) is 11.9 Å². The van der Waals surface area contributed by atoms with Gasteiger partial charge in [0.15, 0.2) is 0 Å². The average molecular weight is 513 g/mol. The van der Waals surface area contributed by atoms with Crippen molar-refractivity contribution >= 4 is 28.6 Å². The van der Waals surface area contributed by atoms with Crippen LogP contribution < -0.4 is 4.74 Å². The molecule has 2 aromatic heterocycles. The number of aliphatic hydroxyl groups is 1. The van der Waals surface area contributed by atoms with E-state index in [0.29, 0.717) is 34.2 Å². The van der Waals surface area contributed by atoms with Crippen molar-refractivity contribution in [2.24, 2.45) is 11.8 Å². The van der Waals surface area contributed by atoms with Gasteiger partial charge in [-0.15, -0.1) is 22.7 Å². The minimum atomic E-state index is -1.74. The fraction of sp³-hybridized carbons (Fsp3) is 0.464. The van der Waals surface area contributed by atoms with Gasteiger partial charge in [0, 0.05) is 24.7 Å². The lowest BCUT2D eigenvalue weighted by Crippen LogP contribution is -2.53. The monoisotopic (exact) mass is 512 g/mol. The van der Waals surface area contributed by atoms with Crippen LogP contribution in [0, 0.1) is 11.8 Å². The molecule has 0 saturated heterocycles. The second-order valence-electron chi connectivity index (χ2n) is 10.4. The zero-order valence-electron chi connectivity index (χ0n) is 20.3. The second kappa shape index (κ2) is 10.1. The molecule has 186 valence electrons. The highest BCUT2D eigenvalue weighted by Gasteiger charge is 2.57. The van der Waals surface area contributed by atoms with Gasteiger partial charge in [0.05, 0.1) is 43.0 Å². The predicted molar refractivity (Wildman–Crippen MR) is 140 cm³/mol. The fourth-order valence-electron chi connectivity index (χ4n) is 6.07. The Morgan fingerprint density at radius 3 is 2.34 bits per heavy atom. The number of fused-ring (bicyclic) bond motifs is 2. The van der Waals surface area contributed by atoms with Gasteiger partial charge in [-0.05, 0) is 47.9 Å². The third kappa shape index (κ3) is 4.79. The molecule has 7 heteroatoms. The highest BCUT2D eigenvalue weighted by molar-refractivity contribution is 7.12. The molecule has 1 aromatic carbocycles. The largest absolute Gasteiger partial charge is 0.493 e. The highest BCUT2D eigenvalue weighted by Crippen LogP contribution is 2.50. The minimum absolute atomic E-state index is 0.128. The molecule has 2 aliphatic carbocycles. The molecule has 5 nitrogen and oxygen atoms in total. The van der Waals surface area contributed by atoms with E-state index in [-0.39, 0.29) is 6.10 Å². The minimum Gasteiger partial charge on any atom is -0.493 e. The Hall–Kier alpha value is -2.19. The van der Waals surface area contributed by atoms with Crippen LogP contribution in [0.1, 0.15) is 35.4 Å². The van der Waals surface area contributed by atoms with Gasteiger partial charge in [0.25, 0.3) is 0 Å². The molecule has 4 unspecified atom stereocenters. The maximum absolute atomic E-state index is 13.6. The van der Waals surface area contributed by atoms with Gasteiger partial charge in [-0.3, -0.25) is 0 Å². The molecule has 0 aliphatic heterocycles. The van der Waals surface area contributed by atoms with Crippen molar-refractivity contribution in [2.75, 3.05) is 27.2 Å². The first-order valence-electron chi connectivity index (χ1n) is 12.4. The highest BCUT2D eigenvalue weighted by atomic mass is 32.1. The molecule has 2 bridgehead atoms. The number of esters is 1. The SMILES string of the molecule is C[N+](C)(CCCOc1ccccc1)C1CC2CCC1C2OC(=O)C(O)(c1cccs1)c1cccs1. The van der Waals surface area contributed by atoms with E-state index in [4.69, 9.17) is 9.47 Å². The topological polar surface area (TPSA) is 55.8 Å². The number of thiophene rings is 2. The number of nitrogens with zero attached hydrogens (tertiary/aromatic N) is 1. The van der Waals surface area contributed by atoms with Crippen molar-refractivity contribution in [2.45, 2.75) is 43.4 Å². The van der Waals surface area contributed by atoms with E-state index in [0.717, 1.165) is 42.5 Å². The van der Waals surface area contributed by atoms with Crippen molar-refractivity contribution in [3.63, 3.8) is 0 Å². The zero-order valence-corrected chi connectivity index (χ0v) is 22.0. The Bertz CT molecular complexity index is 1060.